The van der Waals surface area contributed by atoms with Gasteiger partial charge in [0.15, 0.2) is 0 Å². The Morgan fingerprint density at radius 3 is 2.40 bits per heavy atom. The van der Waals surface area contributed by atoms with Crippen molar-refractivity contribution in [2.45, 2.75) is 32.2 Å². The van der Waals surface area contributed by atoms with E-state index in [1.54, 1.807) is 19.0 Å². The number of benzene rings is 1. The molecule has 6 heteroatoms. The number of carbonyl (C=O) groups is 1. The second-order valence-electron chi connectivity index (χ2n) is 8.40. The Bertz CT molecular complexity index is 1040. The Morgan fingerprint density at radius 1 is 1.13 bits per heavy atom. The smallest absolute Gasteiger partial charge is 0.227 e. The maximum Gasteiger partial charge on any atom is 0.227 e. The van der Waals surface area contributed by atoms with Crippen LogP contribution in [-0.2, 0) is 11.3 Å². The molecule has 4 rings (SSSR count). The molecule has 0 radical (unpaired) electrons. The largest absolute Gasteiger partial charge is 0.486 e. The van der Waals surface area contributed by atoms with Crippen molar-refractivity contribution in [3.8, 4) is 5.75 Å². The molecular formula is C24H28N2O4. The van der Waals surface area contributed by atoms with Crippen molar-refractivity contribution in [3.63, 3.8) is 0 Å². The first kappa shape index (κ1) is 20.3. The van der Waals surface area contributed by atoms with Gasteiger partial charge in [0.1, 0.15) is 12.0 Å². The maximum absolute atomic E-state index is 12.4. The molecule has 1 aliphatic carbocycles. The van der Waals surface area contributed by atoms with E-state index in [0.29, 0.717) is 24.8 Å². The Kier molecular flexibility index (Phi) is 5.93. The Balaban J connectivity index is 1.32. The molecule has 1 saturated carbocycles. The minimum absolute atomic E-state index is 0.117. The minimum atomic E-state index is -0.163. The van der Waals surface area contributed by atoms with Gasteiger partial charge in [-0.3, -0.25) is 9.59 Å². The number of ether oxygens (including phenoxy) is 1. The van der Waals surface area contributed by atoms with Crippen LogP contribution < -0.4 is 10.2 Å². The van der Waals surface area contributed by atoms with E-state index < -0.39 is 0 Å². The number of fused-ring (bicyclic) bond motifs is 1. The molecule has 1 aromatic carbocycles. The van der Waals surface area contributed by atoms with Crippen LogP contribution in [0.4, 0.5) is 0 Å². The van der Waals surface area contributed by atoms with E-state index in [-0.39, 0.29) is 23.0 Å². The second kappa shape index (κ2) is 8.78. The van der Waals surface area contributed by atoms with E-state index in [4.69, 9.17) is 9.15 Å². The summed E-state index contributed by atoms with van der Waals surface area (Å²) in [6, 6.07) is 9.63. The van der Waals surface area contributed by atoms with E-state index in [9.17, 15) is 9.59 Å². The summed E-state index contributed by atoms with van der Waals surface area (Å²) in [6.45, 7) is 0.976. The quantitative estimate of drug-likeness (QED) is 0.620. The van der Waals surface area contributed by atoms with Crippen molar-refractivity contribution in [2.75, 3.05) is 20.7 Å². The van der Waals surface area contributed by atoms with E-state index in [1.165, 1.54) is 12.3 Å². The van der Waals surface area contributed by atoms with Gasteiger partial charge in [-0.05, 0) is 42.4 Å². The van der Waals surface area contributed by atoms with Crippen LogP contribution in [0.25, 0.3) is 10.8 Å². The van der Waals surface area contributed by atoms with Crippen molar-refractivity contribution in [1.82, 2.24) is 9.47 Å². The standard InChI is InChI=1S/C24H28N2O4/c1-25(2)24(28)18-9-7-17(8-10-18)15-30-23-16-29-21(11-22(23)27)14-26-12-19-5-3-4-6-20(19)13-26/h3-6,11-13,16-18H,7-10,14-15H2,1-2H3. The molecule has 0 N–H and O–H groups in total. The maximum atomic E-state index is 12.4. The molecule has 0 bridgehead atoms. The molecule has 3 aromatic rings. The highest BCUT2D eigenvalue weighted by molar-refractivity contribution is 5.82. The van der Waals surface area contributed by atoms with Crippen LogP contribution in [0.1, 0.15) is 31.4 Å². The van der Waals surface area contributed by atoms with E-state index >= 15 is 0 Å². The Hall–Kier alpha value is -3.02. The number of rotatable bonds is 6. The molecule has 2 aromatic heterocycles. The fourth-order valence-electron chi connectivity index (χ4n) is 4.19. The number of nitrogens with zero attached hydrogens (tertiary/aromatic N) is 2. The molecule has 0 spiro atoms. The molecule has 1 fully saturated rings. The van der Waals surface area contributed by atoms with Crippen LogP contribution in [0.3, 0.4) is 0 Å². The van der Waals surface area contributed by atoms with E-state index in [2.05, 4.69) is 12.1 Å². The lowest BCUT2D eigenvalue weighted by molar-refractivity contribution is -0.134. The number of amides is 1. The summed E-state index contributed by atoms with van der Waals surface area (Å²) in [4.78, 5) is 26.2. The summed E-state index contributed by atoms with van der Waals surface area (Å²) in [7, 11) is 3.61. The molecule has 6 nitrogen and oxygen atoms in total. The molecule has 158 valence electrons. The van der Waals surface area contributed by atoms with Gasteiger partial charge >= 0.3 is 0 Å². The zero-order valence-electron chi connectivity index (χ0n) is 17.5. The van der Waals surface area contributed by atoms with Gasteiger partial charge in [0.05, 0.1) is 13.2 Å². The molecule has 1 amide bonds. The predicted molar refractivity (Wildman–Crippen MR) is 116 cm³/mol. The average Bonchev–Trinajstić information content (AvgIpc) is 3.15. The van der Waals surface area contributed by atoms with Crippen LogP contribution >= 0.6 is 0 Å². The highest BCUT2D eigenvalue weighted by atomic mass is 16.5. The molecular weight excluding hydrogens is 380 g/mol. The van der Waals surface area contributed by atoms with Gasteiger partial charge in [0.25, 0.3) is 0 Å². The first-order valence-corrected chi connectivity index (χ1v) is 10.5. The van der Waals surface area contributed by atoms with Crippen LogP contribution in [0.2, 0.25) is 0 Å². The van der Waals surface area contributed by atoms with Crippen LogP contribution in [0.5, 0.6) is 5.75 Å². The second-order valence-corrected chi connectivity index (χ2v) is 8.40. The lowest BCUT2D eigenvalue weighted by atomic mass is 9.82. The number of hydrogen-bond acceptors (Lipinski definition) is 4. The fourth-order valence-corrected chi connectivity index (χ4v) is 4.19. The molecule has 0 unspecified atom stereocenters. The summed E-state index contributed by atoms with van der Waals surface area (Å²) in [5, 5.41) is 2.31. The minimum Gasteiger partial charge on any atom is -0.486 e. The van der Waals surface area contributed by atoms with Gasteiger partial charge in [-0.1, -0.05) is 24.3 Å². The third-order valence-electron chi connectivity index (χ3n) is 5.91. The lowest BCUT2D eigenvalue weighted by Crippen LogP contribution is -2.33. The monoisotopic (exact) mass is 408 g/mol. The zero-order chi connectivity index (χ0) is 21.1. The third-order valence-corrected chi connectivity index (χ3v) is 5.91. The summed E-state index contributed by atoms with van der Waals surface area (Å²) in [5.74, 6) is 1.54. The SMILES string of the molecule is CN(C)C(=O)C1CCC(COc2coc(Cn3cc4ccccc4c3)cc2=O)CC1. The highest BCUT2D eigenvalue weighted by Gasteiger charge is 2.27. The van der Waals surface area contributed by atoms with Crippen LogP contribution in [-0.4, -0.2) is 36.1 Å². The molecule has 0 atom stereocenters. The summed E-state index contributed by atoms with van der Waals surface area (Å²) in [5.41, 5.74) is -0.163. The van der Waals surface area contributed by atoms with Gasteiger partial charge in [0.2, 0.25) is 17.1 Å². The topological polar surface area (TPSA) is 64.7 Å². The lowest BCUT2D eigenvalue weighted by Gasteiger charge is -2.29. The van der Waals surface area contributed by atoms with Gasteiger partial charge in [-0.25, -0.2) is 0 Å². The summed E-state index contributed by atoms with van der Waals surface area (Å²) >= 11 is 0. The number of aromatic nitrogens is 1. The van der Waals surface area contributed by atoms with Gasteiger partial charge in [-0.15, -0.1) is 0 Å². The first-order valence-electron chi connectivity index (χ1n) is 10.5. The van der Waals surface area contributed by atoms with Gasteiger partial charge < -0.3 is 18.6 Å². The first-order chi connectivity index (χ1) is 14.5. The van der Waals surface area contributed by atoms with Gasteiger partial charge in [-0.2, -0.15) is 0 Å². The average molecular weight is 408 g/mol. The zero-order valence-corrected chi connectivity index (χ0v) is 17.5. The fraction of sp³-hybridized carbons (Fsp3) is 0.417. The summed E-state index contributed by atoms with van der Waals surface area (Å²) in [6.07, 6.45) is 9.13. The number of hydrogen-bond donors (Lipinski definition) is 0. The van der Waals surface area contributed by atoms with E-state index in [1.807, 2.05) is 29.1 Å². The van der Waals surface area contributed by atoms with Crippen molar-refractivity contribution in [3.05, 3.63) is 65.0 Å². The summed E-state index contributed by atoms with van der Waals surface area (Å²) < 4.78 is 13.4. The molecule has 0 aliphatic heterocycles. The Morgan fingerprint density at radius 2 is 1.80 bits per heavy atom. The third kappa shape index (κ3) is 4.58. The highest BCUT2D eigenvalue weighted by Crippen LogP contribution is 2.30. The predicted octanol–water partition coefficient (Wildman–Crippen LogP) is 3.92. The van der Waals surface area contributed by atoms with Crippen molar-refractivity contribution >= 4 is 16.7 Å². The van der Waals surface area contributed by atoms with Crippen molar-refractivity contribution < 1.29 is 13.9 Å². The van der Waals surface area contributed by atoms with Crippen LogP contribution in [0, 0.1) is 11.8 Å². The molecule has 30 heavy (non-hydrogen) atoms. The van der Waals surface area contributed by atoms with Gasteiger partial charge in [0, 0.05) is 38.5 Å². The normalized spacial score (nSPS) is 19.0. The van der Waals surface area contributed by atoms with Crippen molar-refractivity contribution in [1.29, 1.82) is 0 Å². The molecule has 0 saturated heterocycles. The molecule has 2 heterocycles. The number of carbonyl (C=O) groups excluding carboxylic acids is 1. The van der Waals surface area contributed by atoms with Crippen molar-refractivity contribution in [2.24, 2.45) is 11.8 Å². The van der Waals surface area contributed by atoms with E-state index in [0.717, 1.165) is 36.5 Å². The Labute approximate surface area is 176 Å². The van der Waals surface area contributed by atoms with Crippen LogP contribution in [0.15, 0.2) is 58.2 Å². The molecule has 1 aliphatic rings.